The zero-order valence-electron chi connectivity index (χ0n) is 9.34. The van der Waals surface area contributed by atoms with E-state index >= 15 is 0 Å². The van der Waals surface area contributed by atoms with Gasteiger partial charge in [0.1, 0.15) is 12.3 Å². The fraction of sp³-hybridized carbons (Fsp3) is 0.600. The summed E-state index contributed by atoms with van der Waals surface area (Å²) in [5.74, 6) is -0.0741. The number of carbonyl (C=O) groups is 1. The van der Waals surface area contributed by atoms with E-state index in [0.717, 1.165) is 0 Å². The Morgan fingerprint density at radius 2 is 2.38 bits per heavy atom. The van der Waals surface area contributed by atoms with Gasteiger partial charge in [-0.15, -0.1) is 0 Å². The molecule has 2 unspecified atom stereocenters. The maximum absolute atomic E-state index is 12.2. The van der Waals surface area contributed by atoms with Crippen LogP contribution < -0.4 is 10.2 Å². The second kappa shape index (κ2) is 4.63. The highest BCUT2D eigenvalue weighted by Crippen LogP contribution is 2.18. The van der Waals surface area contributed by atoms with Gasteiger partial charge in [0.25, 0.3) is 0 Å². The second-order valence-electron chi connectivity index (χ2n) is 3.75. The molecule has 0 aromatic carbocycles. The van der Waals surface area contributed by atoms with Gasteiger partial charge >= 0.3 is 6.01 Å². The number of rotatable bonds is 2. The molecule has 0 bridgehead atoms. The quantitative estimate of drug-likeness (QED) is 0.768. The highest BCUT2D eigenvalue weighted by atomic mass is 16.5. The number of aromatic nitrogens is 1. The number of amides is 1. The Morgan fingerprint density at radius 1 is 1.56 bits per heavy atom. The van der Waals surface area contributed by atoms with Crippen LogP contribution in [0.3, 0.4) is 0 Å². The second-order valence-corrected chi connectivity index (χ2v) is 3.75. The Bertz CT molecular complexity index is 352. The van der Waals surface area contributed by atoms with Gasteiger partial charge in [0.15, 0.2) is 0 Å². The van der Waals surface area contributed by atoms with E-state index in [-0.39, 0.29) is 18.0 Å². The smallest absolute Gasteiger partial charge is 0.304 e. The molecule has 1 saturated heterocycles. The van der Waals surface area contributed by atoms with Crippen LogP contribution in [0, 0.1) is 0 Å². The summed E-state index contributed by atoms with van der Waals surface area (Å²) in [5, 5.41) is 2.92. The van der Waals surface area contributed by atoms with Crippen LogP contribution in [0.1, 0.15) is 6.92 Å². The van der Waals surface area contributed by atoms with Crippen LogP contribution in [0.2, 0.25) is 0 Å². The van der Waals surface area contributed by atoms with Crippen molar-refractivity contribution in [3.8, 4) is 0 Å². The van der Waals surface area contributed by atoms with Gasteiger partial charge < -0.3 is 14.5 Å². The molecule has 1 N–H and O–H groups in total. The molecule has 2 atom stereocenters. The maximum Gasteiger partial charge on any atom is 0.304 e. The van der Waals surface area contributed by atoms with E-state index in [1.165, 1.54) is 17.4 Å². The Labute approximate surface area is 93.6 Å². The van der Waals surface area contributed by atoms with E-state index in [0.29, 0.717) is 19.2 Å². The molecule has 0 saturated carbocycles. The summed E-state index contributed by atoms with van der Waals surface area (Å²) in [6.07, 6.45) is 2.98. The molecule has 1 fully saturated rings. The van der Waals surface area contributed by atoms with Crippen molar-refractivity contribution in [2.75, 3.05) is 25.2 Å². The van der Waals surface area contributed by atoms with E-state index < -0.39 is 0 Å². The fourth-order valence-electron chi connectivity index (χ4n) is 1.71. The molecule has 2 heterocycles. The number of hydrogen-bond acceptors (Lipinski definition) is 5. The zero-order chi connectivity index (χ0) is 11.5. The van der Waals surface area contributed by atoms with Gasteiger partial charge in [-0.05, 0) is 14.0 Å². The first-order chi connectivity index (χ1) is 7.74. The van der Waals surface area contributed by atoms with Crippen molar-refractivity contribution >= 4 is 11.9 Å². The van der Waals surface area contributed by atoms with Crippen molar-refractivity contribution in [2.45, 2.75) is 19.0 Å². The van der Waals surface area contributed by atoms with E-state index in [1.54, 1.807) is 7.05 Å². The highest BCUT2D eigenvalue weighted by molar-refractivity contribution is 5.96. The molecule has 1 aromatic rings. The minimum absolute atomic E-state index is 0.0741. The minimum atomic E-state index is -0.350. The van der Waals surface area contributed by atoms with Crippen LogP contribution in [-0.2, 0) is 9.53 Å². The van der Waals surface area contributed by atoms with Gasteiger partial charge in [-0.25, -0.2) is 4.98 Å². The largest absolute Gasteiger partial charge is 0.432 e. The lowest BCUT2D eigenvalue weighted by atomic mass is 10.2. The third kappa shape index (κ3) is 1.94. The number of hydrogen-bond donors (Lipinski definition) is 1. The molecule has 6 nitrogen and oxygen atoms in total. The summed E-state index contributed by atoms with van der Waals surface area (Å²) in [7, 11) is 1.73. The maximum atomic E-state index is 12.2. The average Bonchev–Trinajstić information content (AvgIpc) is 2.73. The predicted octanol–water partition coefficient (Wildman–Crippen LogP) is 0.0143. The topological polar surface area (TPSA) is 67.6 Å². The van der Waals surface area contributed by atoms with Crippen molar-refractivity contribution in [3.63, 3.8) is 0 Å². The predicted molar refractivity (Wildman–Crippen MR) is 57.1 cm³/mol. The Kier molecular flexibility index (Phi) is 3.21. The van der Waals surface area contributed by atoms with Crippen molar-refractivity contribution in [3.05, 3.63) is 12.5 Å². The van der Waals surface area contributed by atoms with Gasteiger partial charge in [-0.3, -0.25) is 9.69 Å². The molecule has 0 aliphatic carbocycles. The summed E-state index contributed by atoms with van der Waals surface area (Å²) in [6.45, 7) is 2.75. The van der Waals surface area contributed by atoms with Crippen LogP contribution in [0.25, 0.3) is 0 Å². The molecule has 88 valence electrons. The number of ether oxygens (including phenoxy) is 1. The Morgan fingerprint density at radius 3 is 3.00 bits per heavy atom. The molecule has 0 spiro atoms. The first-order valence-corrected chi connectivity index (χ1v) is 5.21. The number of anilines is 1. The van der Waals surface area contributed by atoms with E-state index in [2.05, 4.69) is 10.3 Å². The van der Waals surface area contributed by atoms with E-state index in [9.17, 15) is 4.79 Å². The number of nitrogens with zero attached hydrogens (tertiary/aromatic N) is 2. The first kappa shape index (κ1) is 11.1. The number of nitrogens with one attached hydrogen (secondary N) is 1. The zero-order valence-corrected chi connectivity index (χ0v) is 9.34. The molecule has 0 radical (unpaired) electrons. The van der Waals surface area contributed by atoms with Crippen LogP contribution in [0.4, 0.5) is 6.01 Å². The van der Waals surface area contributed by atoms with E-state index in [1.807, 2.05) is 6.92 Å². The van der Waals surface area contributed by atoms with Crippen molar-refractivity contribution < 1.29 is 13.9 Å². The van der Waals surface area contributed by atoms with E-state index in [4.69, 9.17) is 9.15 Å². The highest BCUT2D eigenvalue weighted by Gasteiger charge is 2.33. The molecule has 1 amide bonds. The molecule has 6 heteroatoms. The van der Waals surface area contributed by atoms with Crippen LogP contribution in [0.5, 0.6) is 0 Å². The van der Waals surface area contributed by atoms with Crippen molar-refractivity contribution in [2.24, 2.45) is 0 Å². The summed E-state index contributed by atoms with van der Waals surface area (Å²) >= 11 is 0. The summed E-state index contributed by atoms with van der Waals surface area (Å²) in [4.78, 5) is 17.7. The molecule has 2 rings (SSSR count). The normalized spacial score (nSPS) is 26.9. The van der Waals surface area contributed by atoms with Crippen LogP contribution >= 0.6 is 0 Å². The SMILES string of the molecule is CNC1COCC(C)N(c2ncco2)C1=O. The lowest BCUT2D eigenvalue weighted by Crippen LogP contribution is -2.49. The first-order valence-electron chi connectivity index (χ1n) is 5.21. The molecule has 16 heavy (non-hydrogen) atoms. The van der Waals surface area contributed by atoms with Gasteiger partial charge in [-0.1, -0.05) is 0 Å². The van der Waals surface area contributed by atoms with Gasteiger partial charge in [0.2, 0.25) is 5.91 Å². The minimum Gasteiger partial charge on any atom is -0.432 e. The molecule has 1 aromatic heterocycles. The number of carbonyl (C=O) groups excluding carboxylic acids is 1. The van der Waals surface area contributed by atoms with Crippen LogP contribution in [0.15, 0.2) is 16.9 Å². The Hall–Kier alpha value is -1.40. The molecule has 1 aliphatic heterocycles. The third-order valence-corrected chi connectivity index (χ3v) is 2.59. The Balaban J connectivity index is 2.27. The van der Waals surface area contributed by atoms with Crippen LogP contribution in [-0.4, -0.2) is 43.2 Å². The summed E-state index contributed by atoms with van der Waals surface area (Å²) in [5.41, 5.74) is 0. The van der Waals surface area contributed by atoms with Gasteiger partial charge in [-0.2, -0.15) is 0 Å². The molecule has 1 aliphatic rings. The fourth-order valence-corrected chi connectivity index (χ4v) is 1.71. The number of likely N-dealkylation sites (N-methyl/N-ethyl adjacent to an activating group) is 1. The van der Waals surface area contributed by atoms with Crippen molar-refractivity contribution in [1.29, 1.82) is 0 Å². The molecular formula is C10H15N3O3. The standard InChI is InChI=1S/C10H15N3O3/c1-7-5-15-6-8(11-2)9(14)13(7)10-12-3-4-16-10/h3-4,7-8,11H,5-6H2,1-2H3. The van der Waals surface area contributed by atoms with Crippen molar-refractivity contribution in [1.82, 2.24) is 10.3 Å². The lowest BCUT2D eigenvalue weighted by Gasteiger charge is -2.24. The summed E-state index contributed by atoms with van der Waals surface area (Å²) in [6, 6.07) is -0.107. The summed E-state index contributed by atoms with van der Waals surface area (Å²) < 4.78 is 10.6. The lowest BCUT2D eigenvalue weighted by molar-refractivity contribution is -0.121. The van der Waals surface area contributed by atoms with Gasteiger partial charge in [0.05, 0.1) is 25.5 Å². The number of oxazole rings is 1. The van der Waals surface area contributed by atoms with Gasteiger partial charge in [0, 0.05) is 0 Å². The third-order valence-electron chi connectivity index (χ3n) is 2.59. The average molecular weight is 225 g/mol. The monoisotopic (exact) mass is 225 g/mol. The molecular weight excluding hydrogens is 210 g/mol.